The highest BCUT2D eigenvalue weighted by molar-refractivity contribution is 9.10. The van der Waals surface area contributed by atoms with Crippen molar-refractivity contribution < 1.29 is 13.6 Å². The maximum Gasteiger partial charge on any atom is 0.273 e. The van der Waals surface area contributed by atoms with Crippen LogP contribution in [0, 0.1) is 11.6 Å². The molecule has 0 saturated heterocycles. The van der Waals surface area contributed by atoms with Crippen LogP contribution in [0.25, 0.3) is 0 Å². The second kappa shape index (κ2) is 4.85. The van der Waals surface area contributed by atoms with Crippen LogP contribution in [0.3, 0.4) is 0 Å². The molecule has 2 aromatic rings. The summed E-state index contributed by atoms with van der Waals surface area (Å²) in [5.41, 5.74) is 0.0274. The van der Waals surface area contributed by atoms with Gasteiger partial charge in [0.15, 0.2) is 0 Å². The standard InChI is InChI=1S/C11H8BrF2N3O/c1-17-10(2-3-15-17)11(18)16-9-5-7(13)6(12)4-8(9)14/h2-5H,1H3,(H,16,18). The highest BCUT2D eigenvalue weighted by Gasteiger charge is 2.14. The van der Waals surface area contributed by atoms with Gasteiger partial charge in [-0.05, 0) is 28.1 Å². The molecule has 1 N–H and O–H groups in total. The van der Waals surface area contributed by atoms with E-state index in [-0.39, 0.29) is 15.9 Å². The summed E-state index contributed by atoms with van der Waals surface area (Å²) in [6.07, 6.45) is 1.44. The highest BCUT2D eigenvalue weighted by Crippen LogP contribution is 2.23. The molecule has 1 aromatic carbocycles. The lowest BCUT2D eigenvalue weighted by Crippen LogP contribution is -2.17. The van der Waals surface area contributed by atoms with Crippen LogP contribution in [0.1, 0.15) is 10.5 Å². The zero-order valence-corrected chi connectivity index (χ0v) is 10.8. The van der Waals surface area contributed by atoms with Crippen molar-refractivity contribution in [3.8, 4) is 0 Å². The maximum absolute atomic E-state index is 13.5. The minimum Gasteiger partial charge on any atom is -0.318 e. The molecule has 1 aromatic heterocycles. The first-order valence-electron chi connectivity index (χ1n) is 4.93. The molecule has 0 fully saturated rings. The lowest BCUT2D eigenvalue weighted by Gasteiger charge is -2.07. The molecular formula is C11H8BrF2N3O. The number of benzene rings is 1. The summed E-state index contributed by atoms with van der Waals surface area (Å²) in [5.74, 6) is -1.94. The fraction of sp³-hybridized carbons (Fsp3) is 0.0909. The average molecular weight is 316 g/mol. The Morgan fingerprint density at radius 3 is 2.72 bits per heavy atom. The van der Waals surface area contributed by atoms with E-state index in [1.807, 2.05) is 0 Å². The summed E-state index contributed by atoms with van der Waals surface area (Å²) in [4.78, 5) is 11.8. The van der Waals surface area contributed by atoms with Crippen LogP contribution in [-0.2, 0) is 7.05 Å². The van der Waals surface area contributed by atoms with Crippen molar-refractivity contribution in [3.05, 3.63) is 46.2 Å². The topological polar surface area (TPSA) is 46.9 Å². The van der Waals surface area contributed by atoms with Gasteiger partial charge in [0.25, 0.3) is 5.91 Å². The van der Waals surface area contributed by atoms with Crippen molar-refractivity contribution >= 4 is 27.5 Å². The van der Waals surface area contributed by atoms with Gasteiger partial charge in [0, 0.05) is 19.3 Å². The molecule has 0 saturated carbocycles. The number of carbonyl (C=O) groups is 1. The fourth-order valence-corrected chi connectivity index (χ4v) is 1.72. The lowest BCUT2D eigenvalue weighted by atomic mass is 10.3. The van der Waals surface area contributed by atoms with Crippen LogP contribution in [0.2, 0.25) is 0 Å². The van der Waals surface area contributed by atoms with E-state index in [1.165, 1.54) is 16.9 Å². The van der Waals surface area contributed by atoms with Crippen LogP contribution in [0.15, 0.2) is 28.9 Å². The Labute approximate surface area is 110 Å². The van der Waals surface area contributed by atoms with E-state index in [0.717, 1.165) is 12.1 Å². The van der Waals surface area contributed by atoms with Gasteiger partial charge < -0.3 is 5.32 Å². The molecule has 4 nitrogen and oxygen atoms in total. The van der Waals surface area contributed by atoms with Crippen LogP contribution >= 0.6 is 15.9 Å². The third kappa shape index (κ3) is 2.40. The number of carbonyl (C=O) groups excluding carboxylic acids is 1. The van der Waals surface area contributed by atoms with Gasteiger partial charge >= 0.3 is 0 Å². The second-order valence-electron chi connectivity index (χ2n) is 3.54. The minimum atomic E-state index is -0.723. The Morgan fingerprint density at radius 2 is 2.11 bits per heavy atom. The van der Waals surface area contributed by atoms with Gasteiger partial charge in [-0.2, -0.15) is 5.10 Å². The molecule has 94 valence electrons. The number of rotatable bonds is 2. The quantitative estimate of drug-likeness (QED) is 0.866. The third-order valence-corrected chi connectivity index (χ3v) is 2.92. The maximum atomic E-state index is 13.5. The second-order valence-corrected chi connectivity index (χ2v) is 4.39. The van der Waals surface area contributed by atoms with E-state index in [2.05, 4.69) is 26.3 Å². The number of anilines is 1. The number of hydrogen-bond acceptors (Lipinski definition) is 2. The molecule has 0 aliphatic rings. The molecule has 0 radical (unpaired) electrons. The molecule has 0 atom stereocenters. The molecule has 2 rings (SSSR count). The number of nitrogens with one attached hydrogen (secondary N) is 1. The predicted octanol–water partition coefficient (Wildman–Crippen LogP) is 2.71. The molecule has 1 amide bonds. The van der Waals surface area contributed by atoms with Crippen molar-refractivity contribution in [2.24, 2.45) is 7.05 Å². The normalized spacial score (nSPS) is 10.4. The van der Waals surface area contributed by atoms with Crippen LogP contribution in [0.5, 0.6) is 0 Å². The fourth-order valence-electron chi connectivity index (χ4n) is 1.40. The summed E-state index contributed by atoms with van der Waals surface area (Å²) in [6.45, 7) is 0. The third-order valence-electron chi connectivity index (χ3n) is 2.31. The van der Waals surface area contributed by atoms with E-state index < -0.39 is 17.5 Å². The Bertz CT molecular complexity index is 612. The summed E-state index contributed by atoms with van der Waals surface area (Å²) in [5, 5.41) is 6.10. The van der Waals surface area contributed by atoms with Crippen LogP contribution in [-0.4, -0.2) is 15.7 Å². The molecule has 0 aliphatic carbocycles. The SMILES string of the molecule is Cn1nccc1C(=O)Nc1cc(F)c(Br)cc1F. The van der Waals surface area contributed by atoms with Crippen molar-refractivity contribution in [3.63, 3.8) is 0 Å². The number of halogens is 3. The summed E-state index contributed by atoms with van der Waals surface area (Å²) in [7, 11) is 1.58. The number of hydrogen-bond donors (Lipinski definition) is 1. The van der Waals surface area contributed by atoms with E-state index >= 15 is 0 Å². The van der Waals surface area contributed by atoms with Crippen molar-refractivity contribution in [2.75, 3.05) is 5.32 Å². The highest BCUT2D eigenvalue weighted by atomic mass is 79.9. The zero-order chi connectivity index (χ0) is 13.3. The van der Waals surface area contributed by atoms with Crippen LogP contribution in [0.4, 0.5) is 14.5 Å². The molecule has 7 heteroatoms. The summed E-state index contributed by atoms with van der Waals surface area (Å²) >= 11 is 2.85. The largest absolute Gasteiger partial charge is 0.318 e. The van der Waals surface area contributed by atoms with Crippen LogP contribution < -0.4 is 5.32 Å². The Balaban J connectivity index is 2.28. The minimum absolute atomic E-state index is 0.00136. The van der Waals surface area contributed by atoms with E-state index in [9.17, 15) is 13.6 Å². The molecule has 0 bridgehead atoms. The summed E-state index contributed by atoms with van der Waals surface area (Å²) < 4.78 is 28.1. The Hall–Kier alpha value is -1.76. The Morgan fingerprint density at radius 1 is 1.39 bits per heavy atom. The molecule has 1 heterocycles. The first kappa shape index (κ1) is 12.7. The molecule has 18 heavy (non-hydrogen) atoms. The van der Waals surface area contributed by atoms with Gasteiger partial charge in [0.2, 0.25) is 0 Å². The van der Waals surface area contributed by atoms with Gasteiger partial charge in [-0.25, -0.2) is 8.78 Å². The number of aryl methyl sites for hydroxylation is 1. The number of amides is 1. The lowest BCUT2D eigenvalue weighted by molar-refractivity contribution is 0.101. The molecule has 0 spiro atoms. The molecular weight excluding hydrogens is 308 g/mol. The average Bonchev–Trinajstić information content (AvgIpc) is 2.72. The zero-order valence-electron chi connectivity index (χ0n) is 9.25. The smallest absolute Gasteiger partial charge is 0.273 e. The van der Waals surface area contributed by atoms with Crippen molar-refractivity contribution in [2.45, 2.75) is 0 Å². The van der Waals surface area contributed by atoms with E-state index in [0.29, 0.717) is 0 Å². The molecule has 0 aliphatic heterocycles. The first-order chi connectivity index (χ1) is 8.49. The van der Waals surface area contributed by atoms with E-state index in [1.54, 1.807) is 7.05 Å². The van der Waals surface area contributed by atoms with E-state index in [4.69, 9.17) is 0 Å². The van der Waals surface area contributed by atoms with Crippen molar-refractivity contribution in [1.82, 2.24) is 9.78 Å². The van der Waals surface area contributed by atoms with Crippen molar-refractivity contribution in [1.29, 1.82) is 0 Å². The monoisotopic (exact) mass is 315 g/mol. The first-order valence-corrected chi connectivity index (χ1v) is 5.72. The van der Waals surface area contributed by atoms with Gasteiger partial charge in [-0.1, -0.05) is 0 Å². The van der Waals surface area contributed by atoms with Gasteiger partial charge in [0.1, 0.15) is 17.3 Å². The molecule has 0 unspecified atom stereocenters. The van der Waals surface area contributed by atoms with Gasteiger partial charge in [-0.15, -0.1) is 0 Å². The predicted molar refractivity (Wildman–Crippen MR) is 65.2 cm³/mol. The summed E-state index contributed by atoms with van der Waals surface area (Å²) in [6, 6.07) is 3.34. The van der Waals surface area contributed by atoms with Gasteiger partial charge in [-0.3, -0.25) is 9.48 Å². The van der Waals surface area contributed by atoms with Gasteiger partial charge in [0.05, 0.1) is 10.2 Å². The number of nitrogens with zero attached hydrogens (tertiary/aromatic N) is 2. The number of aromatic nitrogens is 2. The Kier molecular flexibility index (Phi) is 3.42.